The third kappa shape index (κ3) is 3.76. The number of phenols is 7. The van der Waals surface area contributed by atoms with Crippen molar-refractivity contribution in [3.8, 4) is 63.2 Å². The van der Waals surface area contributed by atoms with E-state index in [9.17, 15) is 35.7 Å². The van der Waals surface area contributed by atoms with Gasteiger partial charge in [-0.15, -0.1) is 0 Å². The van der Waals surface area contributed by atoms with Crippen LogP contribution in [0.15, 0.2) is 42.5 Å². The first-order chi connectivity index (χ1) is 12.7. The zero-order chi connectivity index (χ0) is 19.7. The molecule has 0 atom stereocenters. The Morgan fingerprint density at radius 3 is 1.59 bits per heavy atom. The summed E-state index contributed by atoms with van der Waals surface area (Å²) < 4.78 is 10.9. The van der Waals surface area contributed by atoms with Gasteiger partial charge in [0.05, 0.1) is 0 Å². The average Bonchev–Trinajstić information content (AvgIpc) is 2.55. The molecule has 0 heterocycles. The Labute approximate surface area is 151 Å². The minimum atomic E-state index is -0.743. The minimum absolute atomic E-state index is 0.0465. The van der Waals surface area contributed by atoms with Crippen LogP contribution >= 0.6 is 0 Å². The van der Waals surface area contributed by atoms with Crippen LogP contribution in [0.1, 0.15) is 0 Å². The fourth-order valence-corrected chi connectivity index (χ4v) is 2.26. The second-order valence-corrected chi connectivity index (χ2v) is 5.49. The standard InChI is InChI=1S/C18H14O9/c19-8-1-9(20)3-11(2-8)27-18-15(24)4-10(21)5-16(18)26-12-6-13(22)17(25)14(23)7-12/h1-7,19-25H. The molecule has 9 heteroatoms. The van der Waals surface area contributed by atoms with E-state index in [1.807, 2.05) is 0 Å². The fourth-order valence-electron chi connectivity index (χ4n) is 2.26. The fraction of sp³-hybridized carbons (Fsp3) is 0. The zero-order valence-electron chi connectivity index (χ0n) is 13.5. The van der Waals surface area contributed by atoms with Crippen molar-refractivity contribution in [2.24, 2.45) is 0 Å². The molecule has 3 rings (SSSR count). The van der Waals surface area contributed by atoms with Gasteiger partial charge in [0.1, 0.15) is 28.7 Å². The highest BCUT2D eigenvalue weighted by atomic mass is 16.5. The highest BCUT2D eigenvalue weighted by Gasteiger charge is 2.18. The van der Waals surface area contributed by atoms with Crippen LogP contribution in [0.2, 0.25) is 0 Å². The predicted molar refractivity (Wildman–Crippen MR) is 91.1 cm³/mol. The van der Waals surface area contributed by atoms with Crippen molar-refractivity contribution in [2.45, 2.75) is 0 Å². The van der Waals surface area contributed by atoms with Crippen LogP contribution in [0.5, 0.6) is 63.2 Å². The summed E-state index contributed by atoms with van der Waals surface area (Å²) in [6.07, 6.45) is 0. The van der Waals surface area contributed by atoms with Gasteiger partial charge in [0.25, 0.3) is 0 Å². The molecule has 0 aromatic heterocycles. The molecule has 0 bridgehead atoms. The van der Waals surface area contributed by atoms with Crippen molar-refractivity contribution in [1.29, 1.82) is 0 Å². The van der Waals surface area contributed by atoms with Crippen molar-refractivity contribution < 1.29 is 45.2 Å². The van der Waals surface area contributed by atoms with Gasteiger partial charge in [0, 0.05) is 42.5 Å². The van der Waals surface area contributed by atoms with E-state index in [0.29, 0.717) is 0 Å². The molecule has 7 N–H and O–H groups in total. The molecule has 0 aliphatic heterocycles. The van der Waals surface area contributed by atoms with E-state index in [-0.39, 0.29) is 40.2 Å². The van der Waals surface area contributed by atoms with Crippen LogP contribution in [-0.4, -0.2) is 35.7 Å². The maximum Gasteiger partial charge on any atom is 0.211 e. The molecular formula is C18H14O9. The predicted octanol–water partition coefficient (Wildman–Crippen LogP) is 3.21. The van der Waals surface area contributed by atoms with Crippen molar-refractivity contribution >= 4 is 0 Å². The van der Waals surface area contributed by atoms with Crippen LogP contribution in [0.4, 0.5) is 0 Å². The first-order valence-electron chi connectivity index (χ1n) is 7.42. The molecule has 9 nitrogen and oxygen atoms in total. The van der Waals surface area contributed by atoms with E-state index in [0.717, 1.165) is 42.5 Å². The first kappa shape index (κ1) is 17.7. The number of aromatic hydroxyl groups is 7. The molecule has 0 saturated carbocycles. The van der Waals surface area contributed by atoms with Crippen molar-refractivity contribution in [3.05, 3.63) is 42.5 Å². The van der Waals surface area contributed by atoms with Crippen LogP contribution < -0.4 is 9.47 Å². The van der Waals surface area contributed by atoms with Crippen molar-refractivity contribution in [2.75, 3.05) is 0 Å². The van der Waals surface area contributed by atoms with Gasteiger partial charge >= 0.3 is 0 Å². The van der Waals surface area contributed by atoms with Gasteiger partial charge in [-0.25, -0.2) is 0 Å². The molecule has 0 radical (unpaired) electrons. The van der Waals surface area contributed by atoms with Gasteiger partial charge < -0.3 is 45.2 Å². The van der Waals surface area contributed by atoms with Gasteiger partial charge in [-0.2, -0.15) is 0 Å². The van der Waals surface area contributed by atoms with Crippen molar-refractivity contribution in [1.82, 2.24) is 0 Å². The first-order valence-corrected chi connectivity index (χ1v) is 7.42. The van der Waals surface area contributed by atoms with Crippen LogP contribution in [0, 0.1) is 0 Å². The Hall–Kier alpha value is -4.14. The lowest BCUT2D eigenvalue weighted by atomic mass is 10.2. The molecule has 140 valence electrons. The molecule has 0 saturated heterocycles. The Balaban J connectivity index is 2.02. The summed E-state index contributed by atoms with van der Waals surface area (Å²) >= 11 is 0. The molecule has 0 aliphatic rings. The molecule has 0 amide bonds. The van der Waals surface area contributed by atoms with E-state index < -0.39 is 23.0 Å². The summed E-state index contributed by atoms with van der Waals surface area (Å²) in [5.74, 6) is -4.24. The highest BCUT2D eigenvalue weighted by Crippen LogP contribution is 2.47. The van der Waals surface area contributed by atoms with E-state index >= 15 is 0 Å². The topological polar surface area (TPSA) is 160 Å². The van der Waals surface area contributed by atoms with Gasteiger partial charge in [0.2, 0.25) is 11.5 Å². The number of benzene rings is 3. The van der Waals surface area contributed by atoms with Gasteiger partial charge in [0.15, 0.2) is 23.0 Å². The summed E-state index contributed by atoms with van der Waals surface area (Å²) in [6, 6.07) is 7.42. The summed E-state index contributed by atoms with van der Waals surface area (Å²) in [5.41, 5.74) is 0. The Morgan fingerprint density at radius 1 is 0.481 bits per heavy atom. The quantitative estimate of drug-likeness (QED) is 0.340. The SMILES string of the molecule is Oc1cc(O)cc(Oc2c(O)cc(O)cc2Oc2cc(O)c(O)c(O)c2)c1. The number of phenolic OH excluding ortho intramolecular Hbond substituents is 7. The smallest absolute Gasteiger partial charge is 0.211 e. The normalized spacial score (nSPS) is 10.5. The molecule has 0 aliphatic carbocycles. The molecule has 0 spiro atoms. The van der Waals surface area contributed by atoms with Crippen LogP contribution in [0.3, 0.4) is 0 Å². The number of hydrogen-bond acceptors (Lipinski definition) is 9. The molecule has 3 aromatic carbocycles. The maximum absolute atomic E-state index is 10.1. The maximum atomic E-state index is 10.1. The second-order valence-electron chi connectivity index (χ2n) is 5.49. The highest BCUT2D eigenvalue weighted by molar-refractivity contribution is 5.60. The van der Waals surface area contributed by atoms with E-state index in [1.54, 1.807) is 0 Å². The van der Waals surface area contributed by atoms with Crippen LogP contribution in [-0.2, 0) is 0 Å². The lowest BCUT2D eigenvalue weighted by Crippen LogP contribution is -1.92. The molecular weight excluding hydrogens is 360 g/mol. The van der Waals surface area contributed by atoms with Crippen molar-refractivity contribution in [3.63, 3.8) is 0 Å². The Bertz CT molecular complexity index is 971. The number of ether oxygens (including phenoxy) is 2. The Morgan fingerprint density at radius 2 is 1.00 bits per heavy atom. The molecule has 27 heavy (non-hydrogen) atoms. The number of hydrogen-bond donors (Lipinski definition) is 7. The third-order valence-corrected chi connectivity index (χ3v) is 3.39. The summed E-state index contributed by atoms with van der Waals surface area (Å²) in [6.45, 7) is 0. The van der Waals surface area contributed by atoms with Gasteiger partial charge in [-0.3, -0.25) is 0 Å². The number of rotatable bonds is 4. The van der Waals surface area contributed by atoms with Crippen LogP contribution in [0.25, 0.3) is 0 Å². The van der Waals surface area contributed by atoms with Gasteiger partial charge in [-0.1, -0.05) is 0 Å². The molecule has 3 aromatic rings. The third-order valence-electron chi connectivity index (χ3n) is 3.39. The lowest BCUT2D eigenvalue weighted by Gasteiger charge is -2.15. The van der Waals surface area contributed by atoms with E-state index in [1.165, 1.54) is 0 Å². The monoisotopic (exact) mass is 374 g/mol. The lowest BCUT2D eigenvalue weighted by molar-refractivity contribution is 0.354. The van der Waals surface area contributed by atoms with E-state index in [2.05, 4.69) is 0 Å². The Kier molecular flexibility index (Phi) is 4.34. The zero-order valence-corrected chi connectivity index (χ0v) is 13.5. The minimum Gasteiger partial charge on any atom is -0.508 e. The average molecular weight is 374 g/mol. The summed E-state index contributed by atoms with van der Waals surface area (Å²) in [5, 5.41) is 67.3. The largest absolute Gasteiger partial charge is 0.508 e. The summed E-state index contributed by atoms with van der Waals surface area (Å²) in [7, 11) is 0. The van der Waals surface area contributed by atoms with E-state index in [4.69, 9.17) is 9.47 Å². The second kappa shape index (κ2) is 6.64. The summed E-state index contributed by atoms with van der Waals surface area (Å²) in [4.78, 5) is 0. The molecule has 0 unspecified atom stereocenters. The molecule has 0 fully saturated rings. The van der Waals surface area contributed by atoms with Gasteiger partial charge in [-0.05, 0) is 0 Å².